The molecule has 0 bridgehead atoms. The van der Waals surface area contributed by atoms with Crippen LogP contribution >= 0.6 is 43.2 Å². The van der Waals surface area contributed by atoms with Gasteiger partial charge in [-0.25, -0.2) is 0 Å². The van der Waals surface area contributed by atoms with E-state index in [1.54, 1.807) is 0 Å². The number of ether oxygens (including phenoxy) is 1. The number of carbonyl (C=O) groups is 1. The van der Waals surface area contributed by atoms with Gasteiger partial charge in [0.1, 0.15) is 0 Å². The van der Waals surface area contributed by atoms with E-state index in [0.717, 1.165) is 3.79 Å². The summed E-state index contributed by atoms with van der Waals surface area (Å²) >= 11 is 8.32. The van der Waals surface area contributed by atoms with Gasteiger partial charge in [0.15, 0.2) is 0 Å². The van der Waals surface area contributed by atoms with Crippen LogP contribution in [0.5, 0.6) is 0 Å². The van der Waals surface area contributed by atoms with Crippen LogP contribution in [0, 0.1) is 0 Å². The summed E-state index contributed by atoms with van der Waals surface area (Å²) < 4.78 is 6.11. The van der Waals surface area contributed by atoms with Gasteiger partial charge < -0.3 is 10.1 Å². The molecule has 1 N–H and O–H groups in total. The van der Waals surface area contributed by atoms with Crippen molar-refractivity contribution in [1.29, 1.82) is 0 Å². The highest BCUT2D eigenvalue weighted by atomic mass is 79.9. The minimum atomic E-state index is -0.0527. The first kappa shape index (κ1) is 11.6. The van der Waals surface area contributed by atoms with Crippen LogP contribution in [0.4, 0.5) is 0 Å². The molecule has 3 nitrogen and oxygen atoms in total. The lowest BCUT2D eigenvalue weighted by molar-refractivity contribution is 0.0930. The largest absolute Gasteiger partial charge is 0.378 e. The predicted molar refractivity (Wildman–Crippen MR) is 66.8 cm³/mol. The summed E-state index contributed by atoms with van der Waals surface area (Å²) in [6, 6.07) is 1.87. The monoisotopic (exact) mass is 353 g/mol. The van der Waals surface area contributed by atoms with Gasteiger partial charge in [-0.05, 0) is 27.4 Å². The minimum absolute atomic E-state index is 0.0527. The lowest BCUT2D eigenvalue weighted by atomic mass is 10.2. The third-order valence-corrected chi connectivity index (χ3v) is 4.78. The molecule has 1 saturated heterocycles. The summed E-state index contributed by atoms with van der Waals surface area (Å²) in [5, 5.41) is 4.82. The van der Waals surface area contributed by atoms with Crippen molar-refractivity contribution in [3.8, 4) is 0 Å². The molecular formula is C9H9Br2NO2S. The maximum absolute atomic E-state index is 11.8. The van der Waals surface area contributed by atoms with Crippen molar-refractivity contribution < 1.29 is 9.53 Å². The lowest BCUT2D eigenvalue weighted by Crippen LogP contribution is -2.40. The van der Waals surface area contributed by atoms with E-state index in [9.17, 15) is 4.79 Å². The smallest absolute Gasteiger partial charge is 0.253 e. The standard InChI is InChI=1S/C9H9Br2NO2S/c10-6-3-14-4-7(6)12-9(13)5-1-2-15-8(5)11/h1-2,6-7H,3-4H2,(H,12,13). The van der Waals surface area contributed by atoms with Crippen molar-refractivity contribution in [2.24, 2.45) is 0 Å². The van der Waals surface area contributed by atoms with Crippen LogP contribution in [-0.2, 0) is 4.74 Å². The Morgan fingerprint density at radius 3 is 2.93 bits per heavy atom. The average Bonchev–Trinajstić information content (AvgIpc) is 2.76. The topological polar surface area (TPSA) is 38.3 Å². The molecule has 15 heavy (non-hydrogen) atoms. The highest BCUT2D eigenvalue weighted by Gasteiger charge is 2.28. The first-order valence-electron chi connectivity index (χ1n) is 4.44. The van der Waals surface area contributed by atoms with E-state index < -0.39 is 0 Å². The number of nitrogens with one attached hydrogen (secondary N) is 1. The number of thiophene rings is 1. The van der Waals surface area contributed by atoms with Crippen molar-refractivity contribution in [2.45, 2.75) is 10.9 Å². The molecule has 1 aliphatic rings. The average molecular weight is 355 g/mol. The van der Waals surface area contributed by atoms with Gasteiger partial charge >= 0.3 is 0 Å². The van der Waals surface area contributed by atoms with Crippen molar-refractivity contribution in [3.05, 3.63) is 20.8 Å². The van der Waals surface area contributed by atoms with Crippen molar-refractivity contribution in [2.75, 3.05) is 13.2 Å². The van der Waals surface area contributed by atoms with Crippen LogP contribution < -0.4 is 5.32 Å². The van der Waals surface area contributed by atoms with E-state index in [2.05, 4.69) is 37.2 Å². The van der Waals surface area contributed by atoms with E-state index in [4.69, 9.17) is 4.74 Å². The Morgan fingerprint density at radius 2 is 2.40 bits per heavy atom. The first-order valence-corrected chi connectivity index (χ1v) is 7.03. The number of rotatable bonds is 2. The number of hydrogen-bond donors (Lipinski definition) is 1. The molecule has 0 saturated carbocycles. The summed E-state index contributed by atoms with van der Waals surface area (Å²) in [4.78, 5) is 12.0. The molecule has 82 valence electrons. The zero-order chi connectivity index (χ0) is 10.8. The number of alkyl halides is 1. The second-order valence-electron chi connectivity index (χ2n) is 3.24. The van der Waals surface area contributed by atoms with Gasteiger partial charge in [0.05, 0.1) is 33.4 Å². The van der Waals surface area contributed by atoms with Crippen LogP contribution in [0.2, 0.25) is 0 Å². The highest BCUT2D eigenvalue weighted by molar-refractivity contribution is 9.11. The normalized spacial score (nSPS) is 25.5. The van der Waals surface area contributed by atoms with Crippen molar-refractivity contribution in [1.82, 2.24) is 5.32 Å². The molecule has 0 radical (unpaired) electrons. The molecule has 2 unspecified atom stereocenters. The fourth-order valence-electron chi connectivity index (χ4n) is 1.36. The third kappa shape index (κ3) is 2.61. The Labute approximate surface area is 108 Å². The fourth-order valence-corrected chi connectivity index (χ4v) is 3.08. The highest BCUT2D eigenvalue weighted by Crippen LogP contribution is 2.24. The molecule has 0 aliphatic carbocycles. The first-order chi connectivity index (χ1) is 7.18. The molecule has 2 rings (SSSR count). The van der Waals surface area contributed by atoms with Crippen LogP contribution in [0.15, 0.2) is 15.2 Å². The SMILES string of the molecule is O=C(NC1COCC1Br)c1ccsc1Br. The fraction of sp³-hybridized carbons (Fsp3) is 0.444. The van der Waals surface area contributed by atoms with Gasteiger partial charge in [-0.3, -0.25) is 4.79 Å². The molecule has 2 atom stereocenters. The van der Waals surface area contributed by atoms with Gasteiger partial charge in [-0.15, -0.1) is 11.3 Å². The summed E-state index contributed by atoms with van der Waals surface area (Å²) in [7, 11) is 0. The van der Waals surface area contributed by atoms with Crippen LogP contribution in [0.1, 0.15) is 10.4 Å². The molecule has 1 aromatic rings. The molecule has 1 aromatic heterocycles. The molecular weight excluding hydrogens is 346 g/mol. The quantitative estimate of drug-likeness (QED) is 0.828. The van der Waals surface area contributed by atoms with Gasteiger partial charge in [-0.1, -0.05) is 15.9 Å². The Hall–Kier alpha value is 0.0900. The maximum Gasteiger partial charge on any atom is 0.253 e. The second kappa shape index (κ2) is 4.95. The van der Waals surface area contributed by atoms with E-state index in [1.165, 1.54) is 11.3 Å². The van der Waals surface area contributed by atoms with Gasteiger partial charge in [-0.2, -0.15) is 0 Å². The number of hydrogen-bond acceptors (Lipinski definition) is 3. The second-order valence-corrected chi connectivity index (χ2v) is 6.65. The maximum atomic E-state index is 11.8. The molecule has 1 aliphatic heterocycles. The molecule has 2 heterocycles. The van der Waals surface area contributed by atoms with Gasteiger partial charge in [0.2, 0.25) is 0 Å². The molecule has 0 spiro atoms. The predicted octanol–water partition coefficient (Wildman–Crippen LogP) is 2.40. The number of carbonyl (C=O) groups excluding carboxylic acids is 1. The summed E-state index contributed by atoms with van der Waals surface area (Å²) in [6.07, 6.45) is 0. The Morgan fingerprint density at radius 1 is 1.60 bits per heavy atom. The van der Waals surface area contributed by atoms with Gasteiger partial charge in [0, 0.05) is 0 Å². The zero-order valence-electron chi connectivity index (χ0n) is 7.70. The molecule has 1 fully saturated rings. The third-order valence-electron chi connectivity index (χ3n) is 2.19. The van der Waals surface area contributed by atoms with E-state index >= 15 is 0 Å². The Kier molecular flexibility index (Phi) is 3.82. The molecule has 1 amide bonds. The Balaban J connectivity index is 2.01. The summed E-state index contributed by atoms with van der Waals surface area (Å²) in [5.74, 6) is -0.0527. The van der Waals surface area contributed by atoms with Gasteiger partial charge in [0.25, 0.3) is 5.91 Å². The Bertz CT molecular complexity index is 369. The lowest BCUT2D eigenvalue weighted by Gasteiger charge is -2.13. The molecule has 0 aromatic carbocycles. The van der Waals surface area contributed by atoms with Crippen LogP contribution in [0.3, 0.4) is 0 Å². The van der Waals surface area contributed by atoms with E-state index in [1.807, 2.05) is 11.4 Å². The van der Waals surface area contributed by atoms with E-state index in [-0.39, 0.29) is 16.8 Å². The summed E-state index contributed by atoms with van der Waals surface area (Å²) in [5.41, 5.74) is 0.687. The van der Waals surface area contributed by atoms with E-state index in [0.29, 0.717) is 18.8 Å². The minimum Gasteiger partial charge on any atom is -0.378 e. The summed E-state index contributed by atoms with van der Waals surface area (Å²) in [6.45, 7) is 1.22. The number of halogens is 2. The van der Waals surface area contributed by atoms with Crippen LogP contribution in [-0.4, -0.2) is 30.0 Å². The molecule has 6 heteroatoms. The van der Waals surface area contributed by atoms with Crippen LogP contribution in [0.25, 0.3) is 0 Å². The van der Waals surface area contributed by atoms with Crippen molar-refractivity contribution >= 4 is 49.1 Å². The number of amides is 1. The zero-order valence-corrected chi connectivity index (χ0v) is 11.7. The van der Waals surface area contributed by atoms with Crippen molar-refractivity contribution in [3.63, 3.8) is 0 Å².